The zero-order chi connectivity index (χ0) is 16.6. The second kappa shape index (κ2) is 5.96. The summed E-state index contributed by atoms with van der Waals surface area (Å²) in [5.74, 6) is -0.366. The van der Waals surface area contributed by atoms with Crippen molar-refractivity contribution in [2.75, 3.05) is 13.6 Å². The molecule has 0 N–H and O–H groups in total. The van der Waals surface area contributed by atoms with E-state index in [0.29, 0.717) is 17.9 Å². The standard InChI is InChI=1S/C17H16FN3OS/c1-11(2)8-20(3)16(22)15-10-23-17-19-14(9-21(15)17)12-4-6-13(18)7-5-12/h4-7,9-10H,1,8H2,2-3H3. The van der Waals surface area contributed by atoms with Gasteiger partial charge in [0.1, 0.15) is 11.5 Å². The van der Waals surface area contributed by atoms with Crippen LogP contribution in [0.25, 0.3) is 16.2 Å². The Bertz CT molecular complexity index is 879. The molecule has 118 valence electrons. The smallest absolute Gasteiger partial charge is 0.271 e. The lowest BCUT2D eigenvalue weighted by molar-refractivity contribution is 0.0800. The van der Waals surface area contributed by atoms with E-state index < -0.39 is 0 Å². The molecule has 0 bridgehead atoms. The lowest BCUT2D eigenvalue weighted by Gasteiger charge is -2.16. The third-order valence-electron chi connectivity index (χ3n) is 3.42. The molecule has 0 saturated heterocycles. The maximum absolute atomic E-state index is 13.0. The molecule has 2 heterocycles. The number of thiazole rings is 1. The molecule has 0 atom stereocenters. The Morgan fingerprint density at radius 3 is 2.74 bits per heavy atom. The van der Waals surface area contributed by atoms with Crippen LogP contribution < -0.4 is 0 Å². The van der Waals surface area contributed by atoms with Gasteiger partial charge in [-0.05, 0) is 31.2 Å². The summed E-state index contributed by atoms with van der Waals surface area (Å²) in [6.45, 7) is 6.23. The van der Waals surface area contributed by atoms with Crippen molar-refractivity contribution >= 4 is 22.2 Å². The summed E-state index contributed by atoms with van der Waals surface area (Å²) in [6, 6.07) is 6.15. The van der Waals surface area contributed by atoms with Crippen molar-refractivity contribution in [3.05, 3.63) is 59.5 Å². The number of fused-ring (bicyclic) bond motifs is 1. The van der Waals surface area contributed by atoms with E-state index in [9.17, 15) is 9.18 Å². The predicted molar refractivity (Wildman–Crippen MR) is 90.2 cm³/mol. The van der Waals surface area contributed by atoms with Crippen LogP contribution in [0.1, 0.15) is 17.4 Å². The van der Waals surface area contributed by atoms with Crippen LogP contribution in [0, 0.1) is 5.82 Å². The molecular weight excluding hydrogens is 313 g/mol. The molecule has 6 heteroatoms. The highest BCUT2D eigenvalue weighted by molar-refractivity contribution is 7.15. The highest BCUT2D eigenvalue weighted by atomic mass is 32.1. The molecule has 0 aliphatic heterocycles. The van der Waals surface area contributed by atoms with Crippen LogP contribution in [-0.4, -0.2) is 33.8 Å². The number of amides is 1. The van der Waals surface area contributed by atoms with Gasteiger partial charge in [-0.15, -0.1) is 11.3 Å². The summed E-state index contributed by atoms with van der Waals surface area (Å²) in [5, 5.41) is 1.80. The van der Waals surface area contributed by atoms with Gasteiger partial charge in [-0.25, -0.2) is 9.37 Å². The number of carbonyl (C=O) groups is 1. The van der Waals surface area contributed by atoms with E-state index in [1.165, 1.54) is 23.5 Å². The number of aromatic nitrogens is 2. The van der Waals surface area contributed by atoms with Crippen LogP contribution in [0.15, 0.2) is 48.0 Å². The molecule has 3 aromatic rings. The van der Waals surface area contributed by atoms with Gasteiger partial charge < -0.3 is 4.90 Å². The molecule has 1 amide bonds. The molecule has 4 nitrogen and oxygen atoms in total. The fourth-order valence-corrected chi connectivity index (χ4v) is 3.22. The van der Waals surface area contributed by atoms with Gasteiger partial charge in [-0.3, -0.25) is 9.20 Å². The maximum atomic E-state index is 13.0. The van der Waals surface area contributed by atoms with E-state index >= 15 is 0 Å². The van der Waals surface area contributed by atoms with Crippen LogP contribution in [0.4, 0.5) is 4.39 Å². The second-order valence-corrected chi connectivity index (χ2v) is 6.36. The van der Waals surface area contributed by atoms with Gasteiger partial charge in [0.15, 0.2) is 4.96 Å². The zero-order valence-corrected chi connectivity index (χ0v) is 13.7. The first-order valence-corrected chi connectivity index (χ1v) is 7.96. The van der Waals surface area contributed by atoms with Gasteiger partial charge in [0.2, 0.25) is 0 Å². The average Bonchev–Trinajstić information content (AvgIpc) is 3.06. The fourth-order valence-electron chi connectivity index (χ4n) is 2.37. The minimum atomic E-state index is -0.285. The molecule has 0 unspecified atom stereocenters. The summed E-state index contributed by atoms with van der Waals surface area (Å²) in [7, 11) is 1.75. The van der Waals surface area contributed by atoms with Crippen molar-refractivity contribution < 1.29 is 9.18 Å². The summed E-state index contributed by atoms with van der Waals surface area (Å²) >= 11 is 1.41. The lowest BCUT2D eigenvalue weighted by Crippen LogP contribution is -2.28. The minimum Gasteiger partial charge on any atom is -0.336 e. The number of likely N-dealkylation sites (N-methyl/N-ethyl adjacent to an activating group) is 1. The highest BCUT2D eigenvalue weighted by Gasteiger charge is 2.18. The van der Waals surface area contributed by atoms with Crippen LogP contribution in [0.2, 0.25) is 0 Å². The Labute approximate surface area is 137 Å². The topological polar surface area (TPSA) is 37.6 Å². The van der Waals surface area contributed by atoms with E-state index in [1.54, 1.807) is 40.1 Å². The quantitative estimate of drug-likeness (QED) is 0.682. The van der Waals surface area contributed by atoms with Crippen LogP contribution in [0.5, 0.6) is 0 Å². The molecule has 0 aliphatic rings. The monoisotopic (exact) mass is 329 g/mol. The normalized spacial score (nSPS) is 10.9. The van der Waals surface area contributed by atoms with Crippen LogP contribution in [-0.2, 0) is 0 Å². The highest BCUT2D eigenvalue weighted by Crippen LogP contribution is 2.24. The first-order chi connectivity index (χ1) is 11.0. The molecule has 2 aromatic heterocycles. The third-order valence-corrected chi connectivity index (χ3v) is 4.26. The van der Waals surface area contributed by atoms with Gasteiger partial charge in [0, 0.05) is 30.7 Å². The minimum absolute atomic E-state index is 0.0812. The van der Waals surface area contributed by atoms with Gasteiger partial charge in [-0.2, -0.15) is 0 Å². The molecule has 1 aromatic carbocycles. The van der Waals surface area contributed by atoms with Crippen molar-refractivity contribution in [3.8, 4) is 11.3 Å². The Morgan fingerprint density at radius 2 is 2.09 bits per heavy atom. The Hall–Kier alpha value is -2.47. The number of imidazole rings is 1. The summed E-state index contributed by atoms with van der Waals surface area (Å²) < 4.78 is 14.8. The molecule has 3 rings (SSSR count). The first kappa shape index (κ1) is 15.4. The predicted octanol–water partition coefficient (Wildman–Crippen LogP) is 3.85. The molecule has 0 spiro atoms. The fraction of sp³-hybridized carbons (Fsp3) is 0.176. The third kappa shape index (κ3) is 3.03. The Morgan fingerprint density at radius 1 is 1.39 bits per heavy atom. The van der Waals surface area contributed by atoms with Gasteiger partial charge in [0.25, 0.3) is 5.91 Å². The van der Waals surface area contributed by atoms with E-state index in [-0.39, 0.29) is 11.7 Å². The molecular formula is C17H16FN3OS. The van der Waals surface area contributed by atoms with Crippen molar-refractivity contribution in [2.45, 2.75) is 6.92 Å². The maximum Gasteiger partial charge on any atom is 0.271 e. The van der Waals surface area contributed by atoms with E-state index in [4.69, 9.17) is 0 Å². The van der Waals surface area contributed by atoms with Crippen LogP contribution >= 0.6 is 11.3 Å². The molecule has 23 heavy (non-hydrogen) atoms. The number of benzene rings is 1. The molecule has 0 fully saturated rings. The van der Waals surface area contributed by atoms with Gasteiger partial charge in [-0.1, -0.05) is 12.2 Å². The number of rotatable bonds is 4. The first-order valence-electron chi connectivity index (χ1n) is 7.08. The number of nitrogens with zero attached hydrogens (tertiary/aromatic N) is 3. The number of hydrogen-bond donors (Lipinski definition) is 0. The van der Waals surface area contributed by atoms with Crippen molar-refractivity contribution in [3.63, 3.8) is 0 Å². The zero-order valence-electron chi connectivity index (χ0n) is 12.9. The van der Waals surface area contributed by atoms with E-state index in [2.05, 4.69) is 11.6 Å². The molecule has 0 radical (unpaired) electrons. The van der Waals surface area contributed by atoms with Crippen molar-refractivity contribution in [1.29, 1.82) is 0 Å². The summed E-state index contributed by atoms with van der Waals surface area (Å²) in [5.41, 5.74) is 3.02. The van der Waals surface area contributed by atoms with E-state index in [1.807, 2.05) is 6.92 Å². The SMILES string of the molecule is C=C(C)CN(C)C(=O)c1csc2nc(-c3ccc(F)cc3)cn12. The summed E-state index contributed by atoms with van der Waals surface area (Å²) in [4.78, 5) is 19.4. The molecule has 0 saturated carbocycles. The average molecular weight is 329 g/mol. The lowest BCUT2D eigenvalue weighted by atomic mass is 10.2. The number of carbonyl (C=O) groups excluding carboxylic acids is 1. The van der Waals surface area contributed by atoms with Crippen molar-refractivity contribution in [1.82, 2.24) is 14.3 Å². The van der Waals surface area contributed by atoms with Crippen LogP contribution in [0.3, 0.4) is 0 Å². The van der Waals surface area contributed by atoms with Gasteiger partial charge >= 0.3 is 0 Å². The van der Waals surface area contributed by atoms with Gasteiger partial charge in [0.05, 0.1) is 5.69 Å². The van der Waals surface area contributed by atoms with E-state index in [0.717, 1.165) is 16.1 Å². The Kier molecular flexibility index (Phi) is 4.00. The largest absolute Gasteiger partial charge is 0.336 e. The number of hydrogen-bond acceptors (Lipinski definition) is 3. The Balaban J connectivity index is 1.96. The summed E-state index contributed by atoms with van der Waals surface area (Å²) in [6.07, 6.45) is 1.81. The second-order valence-electron chi connectivity index (χ2n) is 5.52. The number of halogens is 1. The molecule has 0 aliphatic carbocycles. The van der Waals surface area contributed by atoms with Crippen molar-refractivity contribution in [2.24, 2.45) is 0 Å².